The first kappa shape index (κ1) is 13.0. The van der Waals surface area contributed by atoms with E-state index in [2.05, 4.69) is 26.6 Å². The van der Waals surface area contributed by atoms with Crippen LogP contribution in [-0.4, -0.2) is 12.1 Å². The fraction of sp³-hybridized carbons (Fsp3) is 0.417. The molecule has 0 aromatic heterocycles. The highest BCUT2D eigenvalue weighted by Gasteiger charge is 2.09. The third-order valence-corrected chi connectivity index (χ3v) is 2.67. The van der Waals surface area contributed by atoms with Gasteiger partial charge in [0, 0.05) is 10.5 Å². The average Bonchev–Trinajstić information content (AvgIpc) is 2.16. The highest BCUT2D eigenvalue weighted by molar-refractivity contribution is 9.10. The molecule has 0 bridgehead atoms. The smallest absolute Gasteiger partial charge is 0.315 e. The molecule has 3 nitrogen and oxygen atoms in total. The number of amides is 2. The zero-order valence-electron chi connectivity index (χ0n) is 9.75. The lowest BCUT2D eigenvalue weighted by Crippen LogP contribution is -2.40. The molecule has 16 heavy (non-hydrogen) atoms. The Balaban J connectivity index is 2.55. The van der Waals surface area contributed by atoms with Gasteiger partial charge >= 0.3 is 6.03 Å². The molecule has 0 saturated heterocycles. The van der Waals surface area contributed by atoms with Crippen LogP contribution in [0.4, 0.5) is 4.79 Å². The zero-order chi connectivity index (χ0) is 12.1. The number of benzene rings is 1. The number of urea groups is 1. The number of rotatable bonds is 3. The van der Waals surface area contributed by atoms with Gasteiger partial charge in [0.1, 0.15) is 0 Å². The minimum atomic E-state index is -0.134. The Hall–Kier alpha value is -1.03. The minimum Gasteiger partial charge on any atom is -0.336 e. The van der Waals surface area contributed by atoms with Gasteiger partial charge in [-0.2, -0.15) is 0 Å². The molecular weight excluding hydrogens is 268 g/mol. The minimum absolute atomic E-state index is 0.00634. The van der Waals surface area contributed by atoms with Crippen molar-refractivity contribution in [1.29, 1.82) is 0 Å². The number of carbonyl (C=O) groups excluding carboxylic acids is 1. The number of halogens is 1. The molecule has 2 N–H and O–H groups in total. The SMILES string of the molecule is CC(C)NC(=O)N[C@@H](C)c1ccc(Br)cc1. The van der Waals surface area contributed by atoms with E-state index in [0.717, 1.165) is 10.0 Å². The molecule has 88 valence electrons. The normalized spacial score (nSPS) is 12.3. The molecule has 0 aliphatic heterocycles. The highest BCUT2D eigenvalue weighted by atomic mass is 79.9. The van der Waals surface area contributed by atoms with Crippen LogP contribution in [0.15, 0.2) is 28.7 Å². The summed E-state index contributed by atoms with van der Waals surface area (Å²) in [7, 11) is 0. The van der Waals surface area contributed by atoms with E-state index in [4.69, 9.17) is 0 Å². The second kappa shape index (κ2) is 5.89. The van der Waals surface area contributed by atoms with Crippen molar-refractivity contribution < 1.29 is 4.79 Å². The average molecular weight is 285 g/mol. The van der Waals surface area contributed by atoms with E-state index in [9.17, 15) is 4.79 Å². The Bertz CT molecular complexity index is 349. The lowest BCUT2D eigenvalue weighted by molar-refractivity contribution is 0.235. The lowest BCUT2D eigenvalue weighted by Gasteiger charge is -2.16. The van der Waals surface area contributed by atoms with Gasteiger partial charge < -0.3 is 10.6 Å². The molecule has 0 aliphatic carbocycles. The Morgan fingerprint density at radius 3 is 2.19 bits per heavy atom. The van der Waals surface area contributed by atoms with Crippen LogP contribution in [0.3, 0.4) is 0 Å². The van der Waals surface area contributed by atoms with E-state index in [-0.39, 0.29) is 18.1 Å². The predicted molar refractivity (Wildman–Crippen MR) is 69.4 cm³/mol. The summed E-state index contributed by atoms with van der Waals surface area (Å²) >= 11 is 3.38. The van der Waals surface area contributed by atoms with Crippen molar-refractivity contribution in [3.63, 3.8) is 0 Å². The summed E-state index contributed by atoms with van der Waals surface area (Å²) in [5.41, 5.74) is 1.09. The first-order valence-electron chi connectivity index (χ1n) is 5.31. The maximum absolute atomic E-state index is 11.5. The van der Waals surface area contributed by atoms with E-state index in [1.807, 2.05) is 45.0 Å². The van der Waals surface area contributed by atoms with E-state index in [0.29, 0.717) is 0 Å². The van der Waals surface area contributed by atoms with E-state index < -0.39 is 0 Å². The van der Waals surface area contributed by atoms with Crippen LogP contribution in [0.25, 0.3) is 0 Å². The molecule has 2 amide bonds. The molecule has 0 fully saturated rings. The lowest BCUT2D eigenvalue weighted by atomic mass is 10.1. The van der Waals surface area contributed by atoms with Crippen LogP contribution in [0.2, 0.25) is 0 Å². The topological polar surface area (TPSA) is 41.1 Å². The van der Waals surface area contributed by atoms with E-state index >= 15 is 0 Å². The van der Waals surface area contributed by atoms with Crippen molar-refractivity contribution in [3.05, 3.63) is 34.3 Å². The molecule has 1 aromatic carbocycles. The van der Waals surface area contributed by atoms with Gasteiger partial charge in [-0.05, 0) is 38.5 Å². The van der Waals surface area contributed by atoms with Crippen molar-refractivity contribution in [3.8, 4) is 0 Å². The first-order valence-corrected chi connectivity index (χ1v) is 6.11. The Labute approximate surface area is 105 Å². The van der Waals surface area contributed by atoms with Gasteiger partial charge in [-0.1, -0.05) is 28.1 Å². The number of hydrogen-bond acceptors (Lipinski definition) is 1. The van der Waals surface area contributed by atoms with Crippen LogP contribution in [0.1, 0.15) is 32.4 Å². The fourth-order valence-electron chi connectivity index (χ4n) is 1.34. The van der Waals surface area contributed by atoms with Gasteiger partial charge in [0.25, 0.3) is 0 Å². The Kier molecular flexibility index (Phi) is 4.80. The predicted octanol–water partition coefficient (Wildman–Crippen LogP) is 3.22. The van der Waals surface area contributed by atoms with Crippen molar-refractivity contribution in [1.82, 2.24) is 10.6 Å². The second-order valence-corrected chi connectivity index (χ2v) is 4.96. The molecular formula is C12H17BrN2O. The van der Waals surface area contributed by atoms with Gasteiger partial charge in [0.15, 0.2) is 0 Å². The summed E-state index contributed by atoms with van der Waals surface area (Å²) in [5.74, 6) is 0. The summed E-state index contributed by atoms with van der Waals surface area (Å²) in [6, 6.07) is 7.94. The zero-order valence-corrected chi connectivity index (χ0v) is 11.3. The van der Waals surface area contributed by atoms with Crippen LogP contribution in [-0.2, 0) is 0 Å². The summed E-state index contributed by atoms with van der Waals surface area (Å²) in [6.45, 7) is 5.83. The van der Waals surface area contributed by atoms with E-state index in [1.165, 1.54) is 0 Å². The molecule has 0 saturated carbocycles. The molecule has 0 radical (unpaired) electrons. The summed E-state index contributed by atoms with van der Waals surface area (Å²) < 4.78 is 1.04. The maximum Gasteiger partial charge on any atom is 0.315 e. The van der Waals surface area contributed by atoms with Gasteiger partial charge in [0.2, 0.25) is 0 Å². The molecule has 1 aromatic rings. The molecule has 4 heteroatoms. The number of nitrogens with one attached hydrogen (secondary N) is 2. The van der Waals surface area contributed by atoms with Crippen molar-refractivity contribution in [2.45, 2.75) is 32.9 Å². The third kappa shape index (κ3) is 4.23. The Morgan fingerprint density at radius 1 is 1.12 bits per heavy atom. The fourth-order valence-corrected chi connectivity index (χ4v) is 1.60. The van der Waals surface area contributed by atoms with Gasteiger partial charge in [-0.3, -0.25) is 0 Å². The first-order chi connectivity index (χ1) is 7.49. The monoisotopic (exact) mass is 284 g/mol. The maximum atomic E-state index is 11.5. The Morgan fingerprint density at radius 2 is 1.69 bits per heavy atom. The molecule has 0 heterocycles. The van der Waals surface area contributed by atoms with Crippen LogP contribution in [0, 0.1) is 0 Å². The van der Waals surface area contributed by atoms with Crippen molar-refractivity contribution in [2.24, 2.45) is 0 Å². The molecule has 0 spiro atoms. The molecule has 1 rings (SSSR count). The summed E-state index contributed by atoms with van der Waals surface area (Å²) in [5, 5.41) is 5.68. The largest absolute Gasteiger partial charge is 0.336 e. The van der Waals surface area contributed by atoms with Crippen LogP contribution < -0.4 is 10.6 Å². The van der Waals surface area contributed by atoms with Crippen molar-refractivity contribution >= 4 is 22.0 Å². The van der Waals surface area contributed by atoms with Gasteiger partial charge in [0.05, 0.1) is 6.04 Å². The molecule has 0 unspecified atom stereocenters. The standard InChI is InChI=1S/C12H17BrN2O/c1-8(2)14-12(16)15-9(3)10-4-6-11(13)7-5-10/h4-9H,1-3H3,(H2,14,15,16)/t9-/m0/s1. The van der Waals surface area contributed by atoms with Crippen molar-refractivity contribution in [2.75, 3.05) is 0 Å². The van der Waals surface area contributed by atoms with E-state index in [1.54, 1.807) is 0 Å². The van der Waals surface area contributed by atoms with Gasteiger partial charge in [-0.25, -0.2) is 4.79 Å². The van der Waals surface area contributed by atoms with Crippen LogP contribution >= 0.6 is 15.9 Å². The number of hydrogen-bond donors (Lipinski definition) is 2. The second-order valence-electron chi connectivity index (χ2n) is 4.05. The summed E-state index contributed by atoms with van der Waals surface area (Å²) in [6.07, 6.45) is 0. The number of carbonyl (C=O) groups is 1. The quantitative estimate of drug-likeness (QED) is 0.879. The van der Waals surface area contributed by atoms with Crippen LogP contribution in [0.5, 0.6) is 0 Å². The molecule has 1 atom stereocenters. The van der Waals surface area contributed by atoms with Gasteiger partial charge in [-0.15, -0.1) is 0 Å². The molecule has 0 aliphatic rings. The summed E-state index contributed by atoms with van der Waals surface area (Å²) in [4.78, 5) is 11.5. The highest BCUT2D eigenvalue weighted by Crippen LogP contribution is 2.16. The third-order valence-electron chi connectivity index (χ3n) is 2.14.